The molecule has 36 heavy (non-hydrogen) atoms. The second-order valence-corrected chi connectivity index (χ2v) is 10.0. The van der Waals surface area contributed by atoms with Crippen molar-refractivity contribution in [1.29, 1.82) is 0 Å². The summed E-state index contributed by atoms with van der Waals surface area (Å²) in [7, 11) is 0. The Balaban J connectivity index is 0.00000180. The lowest BCUT2D eigenvalue weighted by molar-refractivity contribution is 0.0290. The topological polar surface area (TPSA) is 120 Å². The zero-order valence-corrected chi connectivity index (χ0v) is 20.0. The molecule has 5 rings (SSSR count). The first-order chi connectivity index (χ1) is 16.3. The highest BCUT2D eigenvalue weighted by atomic mass is 16.5. The number of ether oxygens (including phenoxy) is 1. The van der Waals surface area contributed by atoms with Crippen LogP contribution >= 0.6 is 0 Å². The number of anilines is 1. The summed E-state index contributed by atoms with van der Waals surface area (Å²) in [6.07, 6.45) is 4.73. The molecule has 5 heterocycles. The molecule has 2 saturated heterocycles. The molecular formula is C25H41N7O4. The third-order valence-electron chi connectivity index (χ3n) is 7.41. The Labute approximate surface area is 213 Å². The van der Waals surface area contributed by atoms with Crippen molar-refractivity contribution in [3.63, 3.8) is 0 Å². The number of H-pyrrole nitrogens is 1. The second-order valence-electron chi connectivity index (χ2n) is 10.0. The standard InChI is InChI=1S/C23H33N7O4.2CH4/c1-15-10-28(11-16-4-8-33-9-5-16)6-7-29(15)22(32)30-12-17-19(23(30,2)3)26-27-20(17)25-21(31)18-13-34-14-24-18;;/h13-16H,4-12H2,1-3H3,(H2,25,26,27,31);2*1H4/t15-;;/m0../s1. The van der Waals surface area contributed by atoms with Gasteiger partial charge in [-0.2, -0.15) is 5.10 Å². The van der Waals surface area contributed by atoms with Gasteiger partial charge in [-0.25, -0.2) is 9.78 Å². The molecule has 200 valence electrons. The Morgan fingerprint density at radius 3 is 2.64 bits per heavy atom. The number of oxazole rings is 1. The molecule has 1 atom stereocenters. The van der Waals surface area contributed by atoms with Gasteiger partial charge in [0, 0.05) is 51.0 Å². The number of amides is 3. The van der Waals surface area contributed by atoms with Crippen molar-refractivity contribution >= 4 is 17.8 Å². The fraction of sp³-hybridized carbons (Fsp3) is 0.680. The number of carbonyl (C=O) groups is 2. The van der Waals surface area contributed by atoms with E-state index < -0.39 is 11.4 Å². The third-order valence-corrected chi connectivity index (χ3v) is 7.41. The van der Waals surface area contributed by atoms with E-state index in [1.807, 2.05) is 23.6 Å². The molecule has 0 bridgehead atoms. The quantitative estimate of drug-likeness (QED) is 0.655. The maximum Gasteiger partial charge on any atom is 0.321 e. The highest BCUT2D eigenvalue weighted by Crippen LogP contribution is 2.41. The molecule has 3 aliphatic rings. The maximum absolute atomic E-state index is 13.7. The van der Waals surface area contributed by atoms with Crippen molar-refractivity contribution in [2.45, 2.75) is 66.6 Å². The SMILES string of the molecule is C.C.C[C@H]1CN(CC2CCOCC2)CCN1C(=O)N1Cc2c(NC(=O)c3cocn3)n[nH]c2C1(C)C. The highest BCUT2D eigenvalue weighted by molar-refractivity contribution is 6.02. The van der Waals surface area contributed by atoms with Crippen LogP contribution in [0.4, 0.5) is 10.6 Å². The van der Waals surface area contributed by atoms with E-state index in [1.54, 1.807) is 0 Å². The summed E-state index contributed by atoms with van der Waals surface area (Å²) >= 11 is 0. The zero-order valence-electron chi connectivity index (χ0n) is 20.0. The first kappa shape index (κ1) is 27.7. The normalized spacial score (nSPS) is 21.9. The predicted molar refractivity (Wildman–Crippen MR) is 137 cm³/mol. The summed E-state index contributed by atoms with van der Waals surface area (Å²) in [4.78, 5) is 36.3. The minimum atomic E-state index is -0.574. The fourth-order valence-electron chi connectivity index (χ4n) is 5.35. The summed E-state index contributed by atoms with van der Waals surface area (Å²) in [5, 5.41) is 10.1. The van der Waals surface area contributed by atoms with Crippen LogP contribution in [0.25, 0.3) is 0 Å². The molecule has 0 unspecified atom stereocenters. The fourth-order valence-corrected chi connectivity index (χ4v) is 5.35. The molecule has 0 spiro atoms. The van der Waals surface area contributed by atoms with Gasteiger partial charge in [0.25, 0.3) is 5.91 Å². The number of piperazine rings is 1. The number of aromatic amines is 1. The van der Waals surface area contributed by atoms with Crippen molar-refractivity contribution in [2.24, 2.45) is 5.92 Å². The average Bonchev–Trinajstić information content (AvgIpc) is 3.53. The number of fused-ring (bicyclic) bond motifs is 1. The average molecular weight is 504 g/mol. The van der Waals surface area contributed by atoms with Crippen molar-refractivity contribution < 1.29 is 18.7 Å². The number of nitrogens with one attached hydrogen (secondary N) is 2. The smallest absolute Gasteiger partial charge is 0.321 e. The molecular weight excluding hydrogens is 462 g/mol. The van der Waals surface area contributed by atoms with Crippen LogP contribution in [0.2, 0.25) is 0 Å². The van der Waals surface area contributed by atoms with Gasteiger partial charge in [-0.15, -0.1) is 0 Å². The van der Waals surface area contributed by atoms with Gasteiger partial charge in [0.2, 0.25) is 0 Å². The van der Waals surface area contributed by atoms with E-state index in [1.165, 1.54) is 12.7 Å². The van der Waals surface area contributed by atoms with Crippen molar-refractivity contribution in [3.8, 4) is 0 Å². The summed E-state index contributed by atoms with van der Waals surface area (Å²) in [5.41, 5.74) is 1.26. The van der Waals surface area contributed by atoms with Gasteiger partial charge in [0.05, 0.1) is 17.8 Å². The highest BCUT2D eigenvalue weighted by Gasteiger charge is 2.46. The Bertz CT molecular complexity index is 1030. The molecule has 3 amide bonds. The predicted octanol–water partition coefficient (Wildman–Crippen LogP) is 3.53. The number of rotatable bonds is 4. The molecule has 2 aromatic heterocycles. The molecule has 0 saturated carbocycles. The molecule has 0 aliphatic carbocycles. The van der Waals surface area contributed by atoms with Gasteiger partial charge in [-0.3, -0.25) is 14.8 Å². The van der Waals surface area contributed by atoms with Crippen LogP contribution in [0.3, 0.4) is 0 Å². The zero-order chi connectivity index (χ0) is 23.9. The molecule has 2 aromatic rings. The molecule has 11 nitrogen and oxygen atoms in total. The van der Waals surface area contributed by atoms with Crippen molar-refractivity contribution in [3.05, 3.63) is 29.6 Å². The Hall–Kier alpha value is -2.92. The Morgan fingerprint density at radius 1 is 1.22 bits per heavy atom. The van der Waals surface area contributed by atoms with Gasteiger partial charge < -0.3 is 24.3 Å². The van der Waals surface area contributed by atoms with E-state index in [0.29, 0.717) is 24.8 Å². The van der Waals surface area contributed by atoms with Crippen LogP contribution in [-0.2, 0) is 16.8 Å². The largest absolute Gasteiger partial charge is 0.451 e. The minimum Gasteiger partial charge on any atom is -0.451 e. The summed E-state index contributed by atoms with van der Waals surface area (Å²) in [6.45, 7) is 11.8. The number of carbonyl (C=O) groups excluding carboxylic acids is 2. The van der Waals surface area contributed by atoms with Crippen LogP contribution in [-0.4, -0.2) is 87.3 Å². The molecule has 11 heteroatoms. The van der Waals surface area contributed by atoms with Crippen LogP contribution < -0.4 is 5.32 Å². The first-order valence-electron chi connectivity index (χ1n) is 12.0. The van der Waals surface area contributed by atoms with Crippen LogP contribution in [0.5, 0.6) is 0 Å². The molecule has 2 fully saturated rings. The van der Waals surface area contributed by atoms with Gasteiger partial charge in [-0.1, -0.05) is 14.9 Å². The lowest BCUT2D eigenvalue weighted by atomic mass is 9.99. The third kappa shape index (κ3) is 5.12. The number of nitrogens with zero attached hydrogens (tertiary/aromatic N) is 5. The van der Waals surface area contributed by atoms with E-state index in [4.69, 9.17) is 9.15 Å². The Kier molecular flexibility index (Phi) is 8.45. The summed E-state index contributed by atoms with van der Waals surface area (Å²) in [6, 6.07) is 0.141. The van der Waals surface area contributed by atoms with Gasteiger partial charge in [-0.05, 0) is 39.5 Å². The van der Waals surface area contributed by atoms with Gasteiger partial charge in [0.1, 0.15) is 6.26 Å². The monoisotopic (exact) mass is 503 g/mol. The van der Waals surface area contributed by atoms with E-state index in [9.17, 15) is 9.59 Å². The maximum atomic E-state index is 13.7. The Morgan fingerprint density at radius 2 is 1.97 bits per heavy atom. The molecule has 0 aromatic carbocycles. The summed E-state index contributed by atoms with van der Waals surface area (Å²) in [5.74, 6) is 0.699. The number of urea groups is 1. The lowest BCUT2D eigenvalue weighted by Gasteiger charge is -2.44. The number of aromatic nitrogens is 3. The summed E-state index contributed by atoms with van der Waals surface area (Å²) < 4.78 is 10.4. The number of hydrogen-bond acceptors (Lipinski definition) is 7. The van der Waals surface area contributed by atoms with E-state index in [0.717, 1.165) is 56.9 Å². The molecule has 0 radical (unpaired) electrons. The van der Waals surface area contributed by atoms with Gasteiger partial charge >= 0.3 is 6.03 Å². The van der Waals surface area contributed by atoms with E-state index in [-0.39, 0.29) is 32.6 Å². The van der Waals surface area contributed by atoms with Gasteiger partial charge in [0.15, 0.2) is 17.9 Å². The number of hydrogen-bond donors (Lipinski definition) is 2. The van der Waals surface area contributed by atoms with Crippen molar-refractivity contribution in [2.75, 3.05) is 44.7 Å². The van der Waals surface area contributed by atoms with Crippen LogP contribution in [0.1, 0.15) is 70.2 Å². The lowest BCUT2D eigenvalue weighted by Crippen LogP contribution is -2.59. The molecule has 2 N–H and O–H groups in total. The van der Waals surface area contributed by atoms with E-state index >= 15 is 0 Å². The molecule has 3 aliphatic heterocycles. The van der Waals surface area contributed by atoms with Crippen LogP contribution in [0.15, 0.2) is 17.1 Å². The van der Waals surface area contributed by atoms with E-state index in [2.05, 4.69) is 32.3 Å². The first-order valence-corrected chi connectivity index (χ1v) is 12.0. The minimum absolute atomic E-state index is 0. The second kappa shape index (κ2) is 11.0. The van der Waals surface area contributed by atoms with Crippen LogP contribution in [0, 0.1) is 5.92 Å². The van der Waals surface area contributed by atoms with Crippen molar-refractivity contribution in [1.82, 2.24) is 29.9 Å².